The van der Waals surface area contributed by atoms with Gasteiger partial charge in [0.25, 0.3) is 0 Å². The third-order valence-corrected chi connectivity index (χ3v) is 5.08. The van der Waals surface area contributed by atoms with Crippen LogP contribution in [-0.2, 0) is 7.05 Å². The summed E-state index contributed by atoms with van der Waals surface area (Å²) in [6.07, 6.45) is 4.56. The molecular weight excluding hydrogens is 298 g/mol. The van der Waals surface area contributed by atoms with E-state index in [0.717, 1.165) is 29.7 Å². The van der Waals surface area contributed by atoms with Crippen molar-refractivity contribution in [2.24, 2.45) is 13.0 Å². The highest BCUT2D eigenvalue weighted by Gasteiger charge is 2.24. The molecule has 4 nitrogen and oxygen atoms in total. The van der Waals surface area contributed by atoms with E-state index < -0.39 is 0 Å². The quantitative estimate of drug-likeness (QED) is 0.887. The van der Waals surface area contributed by atoms with E-state index in [1.807, 2.05) is 25.2 Å². The Hall–Kier alpha value is -1.10. The first-order valence-corrected chi connectivity index (χ1v) is 8.47. The van der Waals surface area contributed by atoms with Crippen molar-refractivity contribution in [1.82, 2.24) is 14.9 Å². The van der Waals surface area contributed by atoms with Gasteiger partial charge in [-0.05, 0) is 43.9 Å². The Bertz CT molecular complexity index is 649. The lowest BCUT2D eigenvalue weighted by Crippen LogP contribution is -2.34. The summed E-state index contributed by atoms with van der Waals surface area (Å²) in [5, 5.41) is 14.4. The topological polar surface area (TPSA) is 50.1 Å². The van der Waals surface area contributed by atoms with Gasteiger partial charge in [-0.15, -0.1) is 0 Å². The minimum atomic E-state index is -0.255. The van der Waals surface area contributed by atoms with Crippen molar-refractivity contribution in [2.45, 2.75) is 44.8 Å². The van der Waals surface area contributed by atoms with Crippen LogP contribution in [0.3, 0.4) is 0 Å². The molecule has 0 radical (unpaired) electrons. The molecule has 3 rings (SSSR count). The highest BCUT2D eigenvalue weighted by molar-refractivity contribution is 6.31. The van der Waals surface area contributed by atoms with Crippen LogP contribution in [0, 0.1) is 5.92 Å². The fourth-order valence-electron chi connectivity index (χ4n) is 3.48. The molecular formula is C17H24ClN3O. The molecule has 22 heavy (non-hydrogen) atoms. The Morgan fingerprint density at radius 2 is 2.14 bits per heavy atom. The third kappa shape index (κ3) is 3.14. The number of aryl methyl sites for hydroxylation is 1. The number of imidazole rings is 1. The van der Waals surface area contributed by atoms with Crippen molar-refractivity contribution in [3.8, 4) is 0 Å². The number of fused-ring (bicyclic) bond motifs is 1. The Morgan fingerprint density at radius 3 is 2.86 bits per heavy atom. The molecule has 5 heteroatoms. The van der Waals surface area contributed by atoms with Gasteiger partial charge in [0.05, 0.1) is 23.2 Å². The van der Waals surface area contributed by atoms with Gasteiger partial charge in [-0.2, -0.15) is 0 Å². The van der Waals surface area contributed by atoms with Gasteiger partial charge in [-0.3, -0.25) is 0 Å². The van der Waals surface area contributed by atoms with Crippen molar-refractivity contribution >= 4 is 22.6 Å². The number of aliphatic hydroxyl groups excluding tert-OH is 1. The largest absolute Gasteiger partial charge is 0.392 e. The van der Waals surface area contributed by atoms with Gasteiger partial charge in [-0.1, -0.05) is 24.4 Å². The molecule has 2 unspecified atom stereocenters. The van der Waals surface area contributed by atoms with E-state index in [0.29, 0.717) is 17.5 Å². The van der Waals surface area contributed by atoms with E-state index in [1.54, 1.807) is 0 Å². The molecule has 0 spiro atoms. The Morgan fingerprint density at radius 1 is 1.41 bits per heavy atom. The lowest BCUT2D eigenvalue weighted by atomic mass is 10.0. The Balaban J connectivity index is 1.69. The maximum absolute atomic E-state index is 10.3. The Kier molecular flexibility index (Phi) is 4.71. The lowest BCUT2D eigenvalue weighted by Gasteiger charge is -2.21. The van der Waals surface area contributed by atoms with Gasteiger partial charge in [0.15, 0.2) is 0 Å². The van der Waals surface area contributed by atoms with E-state index in [1.165, 1.54) is 12.8 Å². The van der Waals surface area contributed by atoms with Crippen LogP contribution in [0.25, 0.3) is 11.0 Å². The number of benzene rings is 1. The van der Waals surface area contributed by atoms with Gasteiger partial charge in [-0.25, -0.2) is 4.98 Å². The first-order chi connectivity index (χ1) is 10.6. The standard InChI is InChI=1S/C17H24ClN3O/c1-11(19-10-16(22)12-5-3-4-6-12)17-20-14-9-13(18)7-8-15(14)21(17)2/h7-9,11-12,16,19,22H,3-6,10H2,1-2H3. The van der Waals surface area contributed by atoms with Crippen molar-refractivity contribution in [3.63, 3.8) is 0 Å². The normalized spacial score (nSPS) is 18.9. The summed E-state index contributed by atoms with van der Waals surface area (Å²) in [7, 11) is 2.02. The number of aliphatic hydroxyl groups is 1. The van der Waals surface area contributed by atoms with Crippen LogP contribution < -0.4 is 5.32 Å². The summed E-state index contributed by atoms with van der Waals surface area (Å²) >= 11 is 6.04. The predicted molar refractivity (Wildman–Crippen MR) is 90.1 cm³/mol. The SMILES string of the molecule is CC(NCC(O)C1CCCC1)c1nc2cc(Cl)ccc2n1C. The highest BCUT2D eigenvalue weighted by atomic mass is 35.5. The summed E-state index contributed by atoms with van der Waals surface area (Å²) in [6, 6.07) is 5.86. The van der Waals surface area contributed by atoms with Gasteiger partial charge < -0.3 is 15.0 Å². The van der Waals surface area contributed by atoms with E-state index in [2.05, 4.69) is 21.8 Å². The van der Waals surface area contributed by atoms with Crippen LogP contribution >= 0.6 is 11.6 Å². The summed E-state index contributed by atoms with van der Waals surface area (Å²) in [5.74, 6) is 1.43. The molecule has 1 aromatic carbocycles. The number of nitrogens with one attached hydrogen (secondary N) is 1. The molecule has 1 aromatic heterocycles. The molecule has 0 saturated heterocycles. The number of halogens is 1. The summed E-state index contributed by atoms with van der Waals surface area (Å²) in [6.45, 7) is 2.71. The minimum Gasteiger partial charge on any atom is -0.392 e. The van der Waals surface area contributed by atoms with Gasteiger partial charge >= 0.3 is 0 Å². The molecule has 1 fully saturated rings. The third-order valence-electron chi connectivity index (χ3n) is 4.84. The minimum absolute atomic E-state index is 0.0900. The molecule has 0 bridgehead atoms. The molecule has 2 atom stereocenters. The van der Waals surface area contributed by atoms with Crippen LogP contribution in [0.15, 0.2) is 18.2 Å². The lowest BCUT2D eigenvalue weighted by molar-refractivity contribution is 0.106. The van der Waals surface area contributed by atoms with Crippen molar-refractivity contribution < 1.29 is 5.11 Å². The summed E-state index contributed by atoms with van der Waals surface area (Å²) in [4.78, 5) is 4.68. The van der Waals surface area contributed by atoms with Gasteiger partial charge in [0.1, 0.15) is 5.82 Å². The molecule has 0 aliphatic heterocycles. The zero-order valence-electron chi connectivity index (χ0n) is 13.2. The number of nitrogens with zero attached hydrogens (tertiary/aromatic N) is 2. The van der Waals surface area contributed by atoms with Crippen LogP contribution in [0.1, 0.15) is 44.5 Å². The smallest absolute Gasteiger partial charge is 0.126 e. The average Bonchev–Trinajstić information content (AvgIpc) is 3.13. The molecule has 2 N–H and O–H groups in total. The molecule has 1 saturated carbocycles. The molecule has 0 amide bonds. The molecule has 1 heterocycles. The first kappa shape index (κ1) is 15.8. The van der Waals surface area contributed by atoms with Crippen molar-refractivity contribution in [1.29, 1.82) is 0 Å². The second kappa shape index (κ2) is 6.57. The average molecular weight is 322 g/mol. The van der Waals surface area contributed by atoms with Gasteiger partial charge in [0, 0.05) is 18.6 Å². The fraction of sp³-hybridized carbons (Fsp3) is 0.588. The number of hydrogen-bond donors (Lipinski definition) is 2. The predicted octanol–water partition coefficient (Wildman–Crippen LogP) is 3.43. The summed E-state index contributed by atoms with van der Waals surface area (Å²) < 4.78 is 2.09. The molecule has 1 aliphatic carbocycles. The Labute approximate surface area is 136 Å². The number of hydrogen-bond acceptors (Lipinski definition) is 3. The first-order valence-electron chi connectivity index (χ1n) is 8.09. The summed E-state index contributed by atoms with van der Waals surface area (Å²) in [5.41, 5.74) is 1.99. The van der Waals surface area contributed by atoms with Crippen molar-refractivity contribution in [2.75, 3.05) is 6.54 Å². The van der Waals surface area contributed by atoms with Crippen LogP contribution in [0.5, 0.6) is 0 Å². The highest BCUT2D eigenvalue weighted by Crippen LogP contribution is 2.28. The van der Waals surface area contributed by atoms with E-state index >= 15 is 0 Å². The second-order valence-corrected chi connectivity index (χ2v) is 6.84. The van der Waals surface area contributed by atoms with E-state index in [9.17, 15) is 5.11 Å². The van der Waals surface area contributed by atoms with E-state index in [-0.39, 0.29) is 12.1 Å². The molecule has 120 valence electrons. The second-order valence-electron chi connectivity index (χ2n) is 6.40. The zero-order chi connectivity index (χ0) is 15.7. The number of rotatable bonds is 5. The molecule has 2 aromatic rings. The number of aromatic nitrogens is 2. The van der Waals surface area contributed by atoms with Crippen LogP contribution in [0.2, 0.25) is 5.02 Å². The van der Waals surface area contributed by atoms with Crippen LogP contribution in [-0.4, -0.2) is 27.3 Å². The van der Waals surface area contributed by atoms with Crippen molar-refractivity contribution in [3.05, 3.63) is 29.0 Å². The zero-order valence-corrected chi connectivity index (χ0v) is 14.0. The molecule has 1 aliphatic rings. The van der Waals surface area contributed by atoms with Crippen LogP contribution in [0.4, 0.5) is 0 Å². The maximum Gasteiger partial charge on any atom is 0.126 e. The van der Waals surface area contributed by atoms with E-state index in [4.69, 9.17) is 11.6 Å². The fourth-order valence-corrected chi connectivity index (χ4v) is 3.64. The maximum atomic E-state index is 10.3. The monoisotopic (exact) mass is 321 g/mol. The van der Waals surface area contributed by atoms with Gasteiger partial charge in [0.2, 0.25) is 0 Å².